The third-order valence-corrected chi connectivity index (χ3v) is 8.09. The summed E-state index contributed by atoms with van der Waals surface area (Å²) >= 11 is 0. The third kappa shape index (κ3) is 4.35. The van der Waals surface area contributed by atoms with Crippen molar-refractivity contribution < 1.29 is 22.0 Å². The van der Waals surface area contributed by atoms with E-state index in [0.717, 1.165) is 10.9 Å². The molecule has 3 aromatic carbocycles. The Bertz CT molecular complexity index is 2580. The van der Waals surface area contributed by atoms with Gasteiger partial charge in [-0.2, -0.15) is 0 Å². The van der Waals surface area contributed by atoms with Crippen molar-refractivity contribution in [1.82, 2.24) is 40.3 Å². The predicted octanol–water partition coefficient (Wildman–Crippen LogP) is 8.04. The van der Waals surface area contributed by atoms with Crippen molar-refractivity contribution in [3.8, 4) is 46.1 Å². The standard InChI is InChI=1S/C35H17F3N8O2/c1-16-9-11-39-28-19(16)5-6-21-24(37)14-26(41-30(21)28)34-45-43-32(47-34)17-3-2-4-18(13-17)33-44-46-35(48-33)27-15-25(38)22-8-7-20-23(36)10-12-40-29(20)31(22)42-27/h2-15H,1H3. The number of pyridine rings is 4. The smallest absolute Gasteiger partial charge is 0.266 e. The summed E-state index contributed by atoms with van der Waals surface area (Å²) in [7, 11) is 0. The Hall–Kier alpha value is -6.63. The molecule has 0 bridgehead atoms. The lowest BCUT2D eigenvalue weighted by Gasteiger charge is -2.06. The van der Waals surface area contributed by atoms with Crippen molar-refractivity contribution in [2.24, 2.45) is 0 Å². The predicted molar refractivity (Wildman–Crippen MR) is 170 cm³/mol. The van der Waals surface area contributed by atoms with Crippen LogP contribution < -0.4 is 0 Å². The molecule has 6 heterocycles. The Labute approximate surface area is 267 Å². The first-order valence-corrected chi connectivity index (χ1v) is 14.6. The van der Waals surface area contributed by atoms with Crippen molar-refractivity contribution in [3.05, 3.63) is 108 Å². The highest BCUT2D eigenvalue weighted by molar-refractivity contribution is 6.05. The van der Waals surface area contributed by atoms with E-state index in [2.05, 4.69) is 40.3 Å². The SMILES string of the molecule is Cc1ccnc2c1ccc1c(F)cc(-c3nnc(-c4cccc(-c5nnc(-c6cc(F)c7ccc8c(F)ccnc8c7n6)o5)c4)o3)nc12. The molecule has 0 aliphatic carbocycles. The van der Waals surface area contributed by atoms with Gasteiger partial charge < -0.3 is 8.83 Å². The quantitative estimate of drug-likeness (QED) is 0.175. The van der Waals surface area contributed by atoms with E-state index in [1.807, 2.05) is 19.1 Å². The van der Waals surface area contributed by atoms with Gasteiger partial charge in [0.2, 0.25) is 11.8 Å². The Morgan fingerprint density at radius 2 is 0.958 bits per heavy atom. The highest BCUT2D eigenvalue weighted by atomic mass is 19.1. The molecule has 0 saturated heterocycles. The molecule has 13 heteroatoms. The number of aromatic nitrogens is 8. The normalized spacial score (nSPS) is 11.8. The minimum Gasteiger partial charge on any atom is -0.415 e. The van der Waals surface area contributed by atoms with Crippen LogP contribution in [0.1, 0.15) is 5.56 Å². The van der Waals surface area contributed by atoms with Crippen LogP contribution in [0.25, 0.3) is 89.7 Å². The first-order chi connectivity index (χ1) is 23.4. The summed E-state index contributed by atoms with van der Waals surface area (Å²) in [6.45, 7) is 1.95. The van der Waals surface area contributed by atoms with Gasteiger partial charge >= 0.3 is 0 Å². The van der Waals surface area contributed by atoms with Gasteiger partial charge in [-0.3, -0.25) is 9.97 Å². The van der Waals surface area contributed by atoms with E-state index in [1.54, 1.807) is 36.5 Å². The molecule has 0 amide bonds. The second kappa shape index (κ2) is 10.5. The molecule has 0 aliphatic rings. The fourth-order valence-corrected chi connectivity index (χ4v) is 5.72. The van der Waals surface area contributed by atoms with E-state index >= 15 is 8.78 Å². The number of hydrogen-bond donors (Lipinski definition) is 0. The molecule has 9 rings (SSSR count). The van der Waals surface area contributed by atoms with Crippen LogP contribution in [-0.4, -0.2) is 40.3 Å². The lowest BCUT2D eigenvalue weighted by molar-refractivity contribution is 0.578. The van der Waals surface area contributed by atoms with Crippen LogP contribution in [0.15, 0.2) is 94.0 Å². The lowest BCUT2D eigenvalue weighted by Crippen LogP contribution is -1.93. The minimum atomic E-state index is -0.600. The summed E-state index contributed by atoms with van der Waals surface area (Å²) in [6.07, 6.45) is 2.95. The minimum absolute atomic E-state index is 0.0206. The van der Waals surface area contributed by atoms with Crippen molar-refractivity contribution >= 4 is 43.6 Å². The van der Waals surface area contributed by atoms with Crippen molar-refractivity contribution in [2.75, 3.05) is 0 Å². The van der Waals surface area contributed by atoms with Gasteiger partial charge in [-0.25, -0.2) is 23.1 Å². The molecule has 0 N–H and O–H groups in total. The molecule has 0 unspecified atom stereocenters. The number of aryl methyl sites for hydroxylation is 1. The maximum Gasteiger partial charge on any atom is 0.266 e. The molecule has 0 aliphatic heterocycles. The number of hydrogen-bond acceptors (Lipinski definition) is 10. The van der Waals surface area contributed by atoms with Crippen LogP contribution in [0.2, 0.25) is 0 Å². The Morgan fingerprint density at radius 3 is 1.54 bits per heavy atom. The molecule has 10 nitrogen and oxygen atoms in total. The Kier molecular flexibility index (Phi) is 6.02. The molecule has 6 aromatic heterocycles. The number of benzene rings is 3. The molecular weight excluding hydrogens is 621 g/mol. The fourth-order valence-electron chi connectivity index (χ4n) is 5.72. The molecule has 0 spiro atoms. The van der Waals surface area contributed by atoms with E-state index in [9.17, 15) is 4.39 Å². The zero-order valence-corrected chi connectivity index (χ0v) is 24.6. The van der Waals surface area contributed by atoms with E-state index in [4.69, 9.17) is 8.83 Å². The molecule has 0 saturated carbocycles. The highest BCUT2D eigenvalue weighted by Gasteiger charge is 2.20. The fraction of sp³-hybridized carbons (Fsp3) is 0.0286. The lowest BCUT2D eigenvalue weighted by atomic mass is 10.1. The second-order valence-electron chi connectivity index (χ2n) is 11.0. The summed E-state index contributed by atoms with van der Waals surface area (Å²) < 4.78 is 56.5. The summed E-state index contributed by atoms with van der Waals surface area (Å²) in [5.74, 6) is -1.36. The number of halogens is 3. The average Bonchev–Trinajstić information content (AvgIpc) is 3.80. The second-order valence-corrected chi connectivity index (χ2v) is 11.0. The van der Waals surface area contributed by atoms with Crippen LogP contribution in [0.5, 0.6) is 0 Å². The molecule has 9 aromatic rings. The van der Waals surface area contributed by atoms with Gasteiger partial charge in [-0.1, -0.05) is 12.1 Å². The maximum atomic E-state index is 15.2. The van der Waals surface area contributed by atoms with Gasteiger partial charge in [-0.05, 0) is 61.0 Å². The summed E-state index contributed by atoms with van der Waals surface area (Å²) in [5, 5.41) is 18.1. The molecule has 48 heavy (non-hydrogen) atoms. The van der Waals surface area contributed by atoms with Crippen molar-refractivity contribution in [2.45, 2.75) is 6.92 Å². The number of fused-ring (bicyclic) bond motifs is 6. The van der Waals surface area contributed by atoms with E-state index in [0.29, 0.717) is 27.5 Å². The number of nitrogens with zero attached hydrogens (tertiary/aromatic N) is 8. The van der Waals surface area contributed by atoms with Crippen LogP contribution >= 0.6 is 0 Å². The van der Waals surface area contributed by atoms with Crippen LogP contribution in [-0.2, 0) is 0 Å². The van der Waals surface area contributed by atoms with Crippen molar-refractivity contribution in [3.63, 3.8) is 0 Å². The first-order valence-electron chi connectivity index (χ1n) is 14.6. The average molecular weight is 639 g/mol. The Balaban J connectivity index is 1.06. The van der Waals surface area contributed by atoms with E-state index in [-0.39, 0.29) is 56.8 Å². The van der Waals surface area contributed by atoms with Crippen molar-refractivity contribution in [1.29, 1.82) is 0 Å². The van der Waals surface area contributed by atoms with E-state index < -0.39 is 17.5 Å². The highest BCUT2D eigenvalue weighted by Crippen LogP contribution is 2.33. The third-order valence-electron chi connectivity index (χ3n) is 8.09. The van der Waals surface area contributed by atoms with Gasteiger partial charge in [-0.15, -0.1) is 20.4 Å². The van der Waals surface area contributed by atoms with Crippen LogP contribution in [0.4, 0.5) is 13.2 Å². The molecule has 0 fully saturated rings. The maximum absolute atomic E-state index is 15.2. The monoisotopic (exact) mass is 638 g/mol. The largest absolute Gasteiger partial charge is 0.415 e. The molecule has 230 valence electrons. The zero-order chi connectivity index (χ0) is 32.5. The number of rotatable bonds is 4. The summed E-state index contributed by atoms with van der Waals surface area (Å²) in [4.78, 5) is 17.8. The van der Waals surface area contributed by atoms with E-state index in [1.165, 1.54) is 36.5 Å². The van der Waals surface area contributed by atoms with Gasteiger partial charge in [0.05, 0.1) is 11.0 Å². The van der Waals surface area contributed by atoms with Gasteiger partial charge in [0.25, 0.3) is 11.8 Å². The summed E-state index contributed by atoms with van der Waals surface area (Å²) in [5.41, 5.74) is 3.56. The van der Waals surface area contributed by atoms with Crippen LogP contribution in [0, 0.1) is 24.4 Å². The van der Waals surface area contributed by atoms with Gasteiger partial charge in [0, 0.05) is 57.2 Å². The molecular formula is C35H17F3N8O2. The van der Waals surface area contributed by atoms with Gasteiger partial charge in [0.15, 0.2) is 0 Å². The van der Waals surface area contributed by atoms with Crippen LogP contribution in [0.3, 0.4) is 0 Å². The summed E-state index contributed by atoms with van der Waals surface area (Å²) in [6, 6.07) is 18.8. The first kappa shape index (κ1) is 27.7. The molecule has 0 radical (unpaired) electrons. The Morgan fingerprint density at radius 1 is 0.479 bits per heavy atom. The zero-order valence-electron chi connectivity index (χ0n) is 24.6. The van der Waals surface area contributed by atoms with Gasteiger partial charge in [0.1, 0.15) is 39.9 Å². The topological polar surface area (TPSA) is 129 Å². The molecule has 0 atom stereocenters.